The van der Waals surface area contributed by atoms with Gasteiger partial charge in [-0.1, -0.05) is 11.6 Å². The maximum atomic E-state index is 5.84. The van der Waals surface area contributed by atoms with Gasteiger partial charge in [0.2, 0.25) is 5.88 Å². The summed E-state index contributed by atoms with van der Waals surface area (Å²) in [6.07, 6.45) is 1.51. The number of ether oxygens (including phenoxy) is 2. The van der Waals surface area contributed by atoms with Gasteiger partial charge in [-0.15, -0.1) is 0 Å². The summed E-state index contributed by atoms with van der Waals surface area (Å²) in [5, 5.41) is 0.675. The van der Waals surface area contributed by atoms with E-state index in [1.54, 1.807) is 24.3 Å². The van der Waals surface area contributed by atoms with Crippen LogP contribution in [0.4, 0.5) is 5.82 Å². The van der Waals surface area contributed by atoms with Crippen molar-refractivity contribution in [3.63, 3.8) is 0 Å². The van der Waals surface area contributed by atoms with Crippen LogP contribution in [-0.2, 0) is 4.74 Å². The average molecular weight is 292 g/mol. The second-order valence-electron chi connectivity index (χ2n) is 4.37. The Balaban J connectivity index is 1.75. The monoisotopic (exact) mass is 291 g/mol. The van der Waals surface area contributed by atoms with Crippen LogP contribution in [0.25, 0.3) is 0 Å². The van der Waals surface area contributed by atoms with Crippen LogP contribution >= 0.6 is 11.6 Å². The molecule has 0 unspecified atom stereocenters. The molecule has 3 rings (SSSR count). The first-order valence-corrected chi connectivity index (χ1v) is 6.77. The fourth-order valence-corrected chi connectivity index (χ4v) is 2.10. The van der Waals surface area contributed by atoms with Crippen molar-refractivity contribution in [1.29, 1.82) is 0 Å². The SMILES string of the molecule is Clc1ccc(Oc2cc(N3CCOCC3)ncn2)cc1. The van der Waals surface area contributed by atoms with Crippen molar-refractivity contribution in [3.8, 4) is 11.6 Å². The molecule has 0 saturated carbocycles. The van der Waals surface area contributed by atoms with Crippen LogP contribution in [0.3, 0.4) is 0 Å². The zero-order valence-electron chi connectivity index (χ0n) is 10.8. The highest BCUT2D eigenvalue weighted by Gasteiger charge is 2.13. The Labute approximate surface area is 122 Å². The quantitative estimate of drug-likeness (QED) is 0.870. The number of hydrogen-bond acceptors (Lipinski definition) is 5. The molecule has 20 heavy (non-hydrogen) atoms. The van der Waals surface area contributed by atoms with Crippen molar-refractivity contribution >= 4 is 17.4 Å². The van der Waals surface area contributed by atoms with Gasteiger partial charge in [0, 0.05) is 24.2 Å². The van der Waals surface area contributed by atoms with Gasteiger partial charge < -0.3 is 14.4 Å². The molecule has 0 aliphatic carbocycles. The van der Waals surface area contributed by atoms with E-state index in [1.807, 2.05) is 6.07 Å². The van der Waals surface area contributed by atoms with Crippen molar-refractivity contribution in [2.45, 2.75) is 0 Å². The van der Waals surface area contributed by atoms with Gasteiger partial charge in [0.15, 0.2) is 0 Å². The molecule has 1 aromatic carbocycles. The van der Waals surface area contributed by atoms with Crippen molar-refractivity contribution in [3.05, 3.63) is 41.7 Å². The third-order valence-corrected chi connectivity index (χ3v) is 3.25. The van der Waals surface area contributed by atoms with E-state index in [0.717, 1.165) is 32.1 Å². The van der Waals surface area contributed by atoms with Gasteiger partial charge in [-0.05, 0) is 24.3 Å². The van der Waals surface area contributed by atoms with E-state index in [2.05, 4.69) is 14.9 Å². The van der Waals surface area contributed by atoms with Crippen LogP contribution in [0.1, 0.15) is 0 Å². The molecule has 104 valence electrons. The lowest BCUT2D eigenvalue weighted by Gasteiger charge is -2.27. The predicted octanol–water partition coefficient (Wildman–Crippen LogP) is 2.76. The number of morpholine rings is 1. The highest BCUT2D eigenvalue weighted by molar-refractivity contribution is 6.30. The van der Waals surface area contributed by atoms with E-state index in [1.165, 1.54) is 6.33 Å². The Hall–Kier alpha value is -1.85. The van der Waals surface area contributed by atoms with Gasteiger partial charge in [-0.2, -0.15) is 0 Å². The summed E-state index contributed by atoms with van der Waals surface area (Å²) in [4.78, 5) is 10.6. The molecule has 5 nitrogen and oxygen atoms in total. The zero-order chi connectivity index (χ0) is 13.8. The summed E-state index contributed by atoms with van der Waals surface area (Å²) in [5.41, 5.74) is 0. The van der Waals surface area contributed by atoms with E-state index in [4.69, 9.17) is 21.1 Å². The Bertz CT molecular complexity index is 571. The Morgan fingerprint density at radius 1 is 1.10 bits per heavy atom. The number of benzene rings is 1. The summed E-state index contributed by atoms with van der Waals surface area (Å²) in [6, 6.07) is 9.00. The molecule has 0 N–H and O–H groups in total. The molecular weight excluding hydrogens is 278 g/mol. The lowest BCUT2D eigenvalue weighted by Crippen LogP contribution is -2.36. The van der Waals surface area contributed by atoms with Crippen molar-refractivity contribution < 1.29 is 9.47 Å². The second kappa shape index (κ2) is 6.07. The van der Waals surface area contributed by atoms with Gasteiger partial charge >= 0.3 is 0 Å². The third kappa shape index (κ3) is 3.18. The zero-order valence-corrected chi connectivity index (χ0v) is 11.6. The first-order valence-electron chi connectivity index (χ1n) is 6.39. The van der Waals surface area contributed by atoms with E-state index in [9.17, 15) is 0 Å². The molecule has 1 aliphatic rings. The first-order chi connectivity index (χ1) is 9.81. The maximum Gasteiger partial charge on any atom is 0.224 e. The lowest BCUT2D eigenvalue weighted by molar-refractivity contribution is 0.122. The Morgan fingerprint density at radius 3 is 2.60 bits per heavy atom. The number of nitrogens with zero attached hydrogens (tertiary/aromatic N) is 3. The van der Waals surface area contributed by atoms with Gasteiger partial charge in [0.25, 0.3) is 0 Å². The Morgan fingerprint density at radius 2 is 1.85 bits per heavy atom. The predicted molar refractivity (Wildman–Crippen MR) is 76.6 cm³/mol. The molecule has 0 radical (unpaired) electrons. The minimum atomic E-state index is 0.517. The molecule has 0 bridgehead atoms. The number of hydrogen-bond donors (Lipinski definition) is 0. The smallest absolute Gasteiger partial charge is 0.224 e. The molecule has 0 atom stereocenters. The maximum absolute atomic E-state index is 5.84. The van der Waals surface area contributed by atoms with Crippen LogP contribution in [0, 0.1) is 0 Å². The summed E-state index contributed by atoms with van der Waals surface area (Å²) in [5.74, 6) is 2.07. The molecule has 1 aromatic heterocycles. The fourth-order valence-electron chi connectivity index (χ4n) is 1.97. The average Bonchev–Trinajstić information content (AvgIpc) is 2.51. The van der Waals surface area contributed by atoms with Crippen LogP contribution in [0.5, 0.6) is 11.6 Å². The molecule has 1 aliphatic heterocycles. The molecule has 1 fully saturated rings. The van der Waals surface area contributed by atoms with E-state index in [-0.39, 0.29) is 0 Å². The minimum absolute atomic E-state index is 0.517. The van der Waals surface area contributed by atoms with Gasteiger partial charge in [-0.3, -0.25) is 0 Å². The van der Waals surface area contributed by atoms with Crippen molar-refractivity contribution in [2.75, 3.05) is 31.2 Å². The van der Waals surface area contributed by atoms with Crippen molar-refractivity contribution in [1.82, 2.24) is 9.97 Å². The molecule has 1 saturated heterocycles. The fraction of sp³-hybridized carbons (Fsp3) is 0.286. The lowest BCUT2D eigenvalue weighted by atomic mass is 10.3. The van der Waals surface area contributed by atoms with Crippen LogP contribution in [-0.4, -0.2) is 36.3 Å². The number of anilines is 1. The number of halogens is 1. The molecule has 2 aromatic rings. The Kier molecular flexibility index (Phi) is 3.99. The van der Waals surface area contributed by atoms with E-state index < -0.39 is 0 Å². The summed E-state index contributed by atoms with van der Waals surface area (Å²) < 4.78 is 11.0. The van der Waals surface area contributed by atoms with Crippen LogP contribution in [0.15, 0.2) is 36.7 Å². The van der Waals surface area contributed by atoms with Crippen molar-refractivity contribution in [2.24, 2.45) is 0 Å². The molecule has 0 amide bonds. The molecule has 0 spiro atoms. The summed E-state index contributed by atoms with van der Waals surface area (Å²) in [7, 11) is 0. The molecule has 6 heteroatoms. The normalized spacial score (nSPS) is 15.2. The second-order valence-corrected chi connectivity index (χ2v) is 4.81. The topological polar surface area (TPSA) is 47.5 Å². The molecule has 2 heterocycles. The largest absolute Gasteiger partial charge is 0.439 e. The summed E-state index contributed by atoms with van der Waals surface area (Å²) >= 11 is 5.84. The highest BCUT2D eigenvalue weighted by atomic mass is 35.5. The van der Waals surface area contributed by atoms with Crippen LogP contribution < -0.4 is 9.64 Å². The van der Waals surface area contributed by atoms with Gasteiger partial charge in [0.1, 0.15) is 17.9 Å². The molecular formula is C14H14ClN3O2. The van der Waals surface area contributed by atoms with Gasteiger partial charge in [0.05, 0.1) is 13.2 Å². The highest BCUT2D eigenvalue weighted by Crippen LogP contribution is 2.23. The number of aromatic nitrogens is 2. The third-order valence-electron chi connectivity index (χ3n) is 3.00. The van der Waals surface area contributed by atoms with Crippen LogP contribution in [0.2, 0.25) is 5.02 Å². The first kappa shape index (κ1) is 13.1. The minimum Gasteiger partial charge on any atom is -0.439 e. The summed E-state index contributed by atoms with van der Waals surface area (Å²) in [6.45, 7) is 3.10. The number of rotatable bonds is 3. The van der Waals surface area contributed by atoms with Gasteiger partial charge in [-0.25, -0.2) is 9.97 Å². The van der Waals surface area contributed by atoms with E-state index >= 15 is 0 Å². The standard InChI is InChI=1S/C14H14ClN3O2/c15-11-1-3-12(4-2-11)20-14-9-13(16-10-17-14)18-5-7-19-8-6-18/h1-4,9-10H,5-8H2. The van der Waals surface area contributed by atoms with E-state index in [0.29, 0.717) is 16.7 Å².